The Bertz CT molecular complexity index is 640. The summed E-state index contributed by atoms with van der Waals surface area (Å²) in [5.41, 5.74) is 3.21. The monoisotopic (exact) mass is 312 g/mol. The highest BCUT2D eigenvalue weighted by atomic mass is 16.2. The molecule has 1 aromatic rings. The van der Waals surface area contributed by atoms with Gasteiger partial charge in [0.2, 0.25) is 0 Å². The average molecular weight is 312 g/mol. The van der Waals surface area contributed by atoms with Crippen molar-refractivity contribution in [1.29, 1.82) is 0 Å². The van der Waals surface area contributed by atoms with Gasteiger partial charge in [-0.15, -0.1) is 0 Å². The number of hydrogen-bond acceptors (Lipinski definition) is 3. The molecule has 0 aromatic heterocycles. The molecule has 122 valence electrons. The van der Waals surface area contributed by atoms with E-state index in [-0.39, 0.29) is 11.8 Å². The van der Waals surface area contributed by atoms with Crippen LogP contribution in [0.2, 0.25) is 0 Å². The SMILES string of the molecule is CCCCN1C(=O)C(c2ccc(C)cc2)=C(N2CCCC2)C1=O. The van der Waals surface area contributed by atoms with E-state index in [1.54, 1.807) is 0 Å². The van der Waals surface area contributed by atoms with Crippen LogP contribution in [0.1, 0.15) is 43.7 Å². The highest BCUT2D eigenvalue weighted by Gasteiger charge is 2.41. The van der Waals surface area contributed by atoms with Gasteiger partial charge in [0.05, 0.1) is 5.57 Å². The second-order valence-corrected chi connectivity index (χ2v) is 6.40. The van der Waals surface area contributed by atoms with Gasteiger partial charge in [0.1, 0.15) is 5.70 Å². The number of benzene rings is 1. The van der Waals surface area contributed by atoms with Crippen molar-refractivity contribution in [3.05, 3.63) is 41.1 Å². The van der Waals surface area contributed by atoms with Gasteiger partial charge in [0, 0.05) is 19.6 Å². The third-order valence-corrected chi connectivity index (χ3v) is 4.64. The molecule has 2 amide bonds. The van der Waals surface area contributed by atoms with Gasteiger partial charge in [0.25, 0.3) is 11.8 Å². The summed E-state index contributed by atoms with van der Waals surface area (Å²) in [6.07, 6.45) is 3.99. The highest BCUT2D eigenvalue weighted by molar-refractivity contribution is 6.35. The van der Waals surface area contributed by atoms with E-state index in [1.807, 2.05) is 31.2 Å². The molecule has 4 nitrogen and oxygen atoms in total. The van der Waals surface area contributed by atoms with Crippen LogP contribution in [-0.4, -0.2) is 41.2 Å². The Morgan fingerprint density at radius 3 is 2.26 bits per heavy atom. The first-order valence-corrected chi connectivity index (χ1v) is 8.56. The molecule has 3 rings (SSSR count). The van der Waals surface area contributed by atoms with Gasteiger partial charge in [-0.2, -0.15) is 0 Å². The standard InChI is InChI=1S/C19H24N2O2/c1-3-4-13-21-18(22)16(15-9-7-14(2)8-10-15)17(19(21)23)20-11-5-6-12-20/h7-10H,3-6,11-13H2,1-2H3. The first-order chi connectivity index (χ1) is 11.1. The number of nitrogens with zero attached hydrogens (tertiary/aromatic N) is 2. The lowest BCUT2D eigenvalue weighted by atomic mass is 10.0. The third-order valence-electron chi connectivity index (χ3n) is 4.64. The molecule has 1 saturated heterocycles. The van der Waals surface area contributed by atoms with E-state index >= 15 is 0 Å². The van der Waals surface area contributed by atoms with Crippen molar-refractivity contribution in [2.45, 2.75) is 39.5 Å². The fourth-order valence-corrected chi connectivity index (χ4v) is 3.30. The van der Waals surface area contributed by atoms with Crippen molar-refractivity contribution in [2.75, 3.05) is 19.6 Å². The van der Waals surface area contributed by atoms with Crippen LogP contribution < -0.4 is 0 Å². The molecule has 0 radical (unpaired) electrons. The first-order valence-electron chi connectivity index (χ1n) is 8.56. The number of amides is 2. The second kappa shape index (κ2) is 6.57. The lowest BCUT2D eigenvalue weighted by Crippen LogP contribution is -2.35. The van der Waals surface area contributed by atoms with E-state index in [1.165, 1.54) is 4.90 Å². The molecular weight excluding hydrogens is 288 g/mol. The predicted molar refractivity (Wildman–Crippen MR) is 90.5 cm³/mol. The zero-order valence-electron chi connectivity index (χ0n) is 14.0. The highest BCUT2D eigenvalue weighted by Crippen LogP contribution is 2.33. The average Bonchev–Trinajstić information content (AvgIpc) is 3.14. The maximum Gasteiger partial charge on any atom is 0.277 e. The van der Waals surface area contributed by atoms with E-state index < -0.39 is 0 Å². The molecule has 0 spiro atoms. The zero-order valence-corrected chi connectivity index (χ0v) is 14.0. The van der Waals surface area contributed by atoms with E-state index in [0.29, 0.717) is 17.8 Å². The number of unbranched alkanes of at least 4 members (excludes halogenated alkanes) is 1. The molecule has 0 aliphatic carbocycles. The maximum atomic E-state index is 12.9. The van der Waals surface area contributed by atoms with Crippen molar-refractivity contribution in [3.8, 4) is 0 Å². The van der Waals surface area contributed by atoms with Crippen molar-refractivity contribution >= 4 is 17.4 Å². The van der Waals surface area contributed by atoms with Crippen molar-refractivity contribution in [2.24, 2.45) is 0 Å². The number of rotatable bonds is 5. The Hall–Kier alpha value is -2.10. The normalized spacial score (nSPS) is 18.5. The number of hydrogen-bond donors (Lipinski definition) is 0. The van der Waals surface area contributed by atoms with Crippen LogP contribution in [0, 0.1) is 6.92 Å². The van der Waals surface area contributed by atoms with Gasteiger partial charge < -0.3 is 4.90 Å². The summed E-state index contributed by atoms with van der Waals surface area (Å²) in [5.74, 6) is -0.241. The second-order valence-electron chi connectivity index (χ2n) is 6.40. The number of likely N-dealkylation sites (tertiary alicyclic amines) is 1. The molecule has 4 heteroatoms. The van der Waals surface area contributed by atoms with Crippen LogP contribution in [-0.2, 0) is 9.59 Å². The fraction of sp³-hybridized carbons (Fsp3) is 0.474. The lowest BCUT2D eigenvalue weighted by molar-refractivity contribution is -0.137. The Kier molecular flexibility index (Phi) is 4.51. The van der Waals surface area contributed by atoms with Crippen LogP contribution in [0.15, 0.2) is 30.0 Å². The van der Waals surface area contributed by atoms with Crippen LogP contribution in [0.4, 0.5) is 0 Å². The summed E-state index contributed by atoms with van der Waals surface area (Å²) < 4.78 is 0. The van der Waals surface area contributed by atoms with E-state index in [0.717, 1.165) is 49.9 Å². The van der Waals surface area contributed by atoms with Gasteiger partial charge in [-0.05, 0) is 31.7 Å². The Balaban J connectivity index is 2.02. The zero-order chi connectivity index (χ0) is 16.4. The predicted octanol–water partition coefficient (Wildman–Crippen LogP) is 2.97. The summed E-state index contributed by atoms with van der Waals surface area (Å²) in [4.78, 5) is 29.3. The molecule has 1 fully saturated rings. The largest absolute Gasteiger partial charge is 0.366 e. The van der Waals surface area contributed by atoms with Gasteiger partial charge in [-0.25, -0.2) is 0 Å². The number of imide groups is 1. The molecule has 0 bridgehead atoms. The Morgan fingerprint density at radius 1 is 1.00 bits per heavy atom. The summed E-state index contributed by atoms with van der Waals surface area (Å²) in [6.45, 7) is 6.34. The van der Waals surface area contributed by atoms with E-state index in [4.69, 9.17) is 0 Å². The Morgan fingerprint density at radius 2 is 1.65 bits per heavy atom. The minimum absolute atomic E-state index is 0.110. The lowest BCUT2D eigenvalue weighted by Gasteiger charge is -2.20. The summed E-state index contributed by atoms with van der Waals surface area (Å²) in [6, 6.07) is 7.90. The fourth-order valence-electron chi connectivity index (χ4n) is 3.30. The number of carbonyl (C=O) groups excluding carboxylic acids is 2. The molecule has 0 N–H and O–H groups in total. The van der Waals surface area contributed by atoms with Gasteiger partial charge in [-0.1, -0.05) is 43.2 Å². The van der Waals surface area contributed by atoms with E-state index in [2.05, 4.69) is 11.8 Å². The molecule has 2 aliphatic heterocycles. The van der Waals surface area contributed by atoms with Crippen molar-refractivity contribution < 1.29 is 9.59 Å². The molecule has 0 saturated carbocycles. The number of aryl methyl sites for hydroxylation is 1. The minimum atomic E-state index is -0.130. The maximum absolute atomic E-state index is 12.9. The van der Waals surface area contributed by atoms with Crippen molar-refractivity contribution in [3.63, 3.8) is 0 Å². The van der Waals surface area contributed by atoms with Gasteiger partial charge in [0.15, 0.2) is 0 Å². The smallest absolute Gasteiger partial charge is 0.277 e. The summed E-state index contributed by atoms with van der Waals surface area (Å²) in [5, 5.41) is 0. The van der Waals surface area contributed by atoms with Crippen molar-refractivity contribution in [1.82, 2.24) is 9.80 Å². The topological polar surface area (TPSA) is 40.6 Å². The molecule has 2 heterocycles. The van der Waals surface area contributed by atoms with Crippen LogP contribution >= 0.6 is 0 Å². The molecule has 0 unspecified atom stereocenters. The quantitative estimate of drug-likeness (QED) is 0.785. The number of carbonyl (C=O) groups is 2. The molecule has 0 atom stereocenters. The van der Waals surface area contributed by atoms with Gasteiger partial charge >= 0.3 is 0 Å². The third kappa shape index (κ3) is 2.90. The summed E-state index contributed by atoms with van der Waals surface area (Å²) >= 11 is 0. The molecule has 23 heavy (non-hydrogen) atoms. The summed E-state index contributed by atoms with van der Waals surface area (Å²) in [7, 11) is 0. The van der Waals surface area contributed by atoms with E-state index in [9.17, 15) is 9.59 Å². The molecular formula is C19H24N2O2. The van der Waals surface area contributed by atoms with Crippen LogP contribution in [0.25, 0.3) is 5.57 Å². The van der Waals surface area contributed by atoms with Gasteiger partial charge in [-0.3, -0.25) is 14.5 Å². The van der Waals surface area contributed by atoms with Crippen LogP contribution in [0.3, 0.4) is 0 Å². The first kappa shape index (κ1) is 15.8. The van der Waals surface area contributed by atoms with Crippen LogP contribution in [0.5, 0.6) is 0 Å². The molecule has 1 aromatic carbocycles. The Labute approximate surface area is 137 Å². The minimum Gasteiger partial charge on any atom is -0.366 e. The molecule has 2 aliphatic rings.